The lowest BCUT2D eigenvalue weighted by molar-refractivity contribution is -0.123. The van der Waals surface area contributed by atoms with Crippen molar-refractivity contribution in [2.24, 2.45) is 0 Å². The summed E-state index contributed by atoms with van der Waals surface area (Å²) < 4.78 is 6.44. The summed E-state index contributed by atoms with van der Waals surface area (Å²) in [6.45, 7) is 4.38. The van der Waals surface area contributed by atoms with E-state index in [9.17, 15) is 14.7 Å². The topological polar surface area (TPSA) is 66.8 Å². The third-order valence-electron chi connectivity index (χ3n) is 4.06. The molecule has 0 saturated carbocycles. The predicted molar refractivity (Wildman–Crippen MR) is 115 cm³/mol. The molecule has 2 aromatic carbocycles. The van der Waals surface area contributed by atoms with Crippen molar-refractivity contribution in [3.63, 3.8) is 0 Å². The van der Waals surface area contributed by atoms with Gasteiger partial charge in [-0.2, -0.15) is 0 Å². The van der Waals surface area contributed by atoms with Crippen LogP contribution < -0.4 is 4.74 Å². The van der Waals surface area contributed by atoms with Crippen LogP contribution in [0.5, 0.6) is 11.5 Å². The number of nitrogens with zero attached hydrogens (tertiary/aromatic N) is 1. The largest absolute Gasteiger partial charge is 0.507 e. The first-order valence-electron chi connectivity index (χ1n) is 8.29. The summed E-state index contributed by atoms with van der Waals surface area (Å²) in [5.41, 5.74) is 2.86. The molecule has 0 aliphatic carbocycles. The average molecular weight is 495 g/mol. The Hall–Kier alpha value is -2.00. The number of aryl methyl sites for hydroxylation is 2. The van der Waals surface area contributed by atoms with Crippen LogP contribution in [0, 0.1) is 17.4 Å². The Balaban J connectivity index is 1.66. The summed E-state index contributed by atoms with van der Waals surface area (Å²) in [6, 6.07) is 11.0. The molecule has 1 fully saturated rings. The quantitative estimate of drug-likeness (QED) is 0.480. The number of benzene rings is 2. The smallest absolute Gasteiger partial charge is 0.293 e. The normalized spacial score (nSPS) is 15.7. The molecule has 0 atom stereocenters. The second kappa shape index (κ2) is 8.35. The Bertz CT molecular complexity index is 942. The molecule has 1 heterocycles. The van der Waals surface area contributed by atoms with Crippen LogP contribution in [0.15, 0.2) is 41.3 Å². The maximum absolute atomic E-state index is 12.5. The molecule has 0 spiro atoms. The molecule has 140 valence electrons. The van der Waals surface area contributed by atoms with Gasteiger partial charge in [-0.05, 0) is 89.2 Å². The van der Waals surface area contributed by atoms with Gasteiger partial charge < -0.3 is 9.84 Å². The van der Waals surface area contributed by atoms with Crippen molar-refractivity contribution in [2.45, 2.75) is 13.8 Å². The monoisotopic (exact) mass is 495 g/mol. The fraction of sp³-hybridized carbons (Fsp3) is 0.200. The number of halogens is 1. The van der Waals surface area contributed by atoms with Gasteiger partial charge in [0.15, 0.2) is 0 Å². The predicted octanol–water partition coefficient (Wildman–Crippen LogP) is 4.73. The Morgan fingerprint density at radius 1 is 1.19 bits per heavy atom. The van der Waals surface area contributed by atoms with E-state index < -0.39 is 0 Å². The zero-order chi connectivity index (χ0) is 19.6. The van der Waals surface area contributed by atoms with Crippen LogP contribution in [0.1, 0.15) is 16.7 Å². The minimum Gasteiger partial charge on any atom is -0.507 e. The van der Waals surface area contributed by atoms with E-state index in [0.717, 1.165) is 34.2 Å². The van der Waals surface area contributed by atoms with Crippen molar-refractivity contribution >= 4 is 51.6 Å². The van der Waals surface area contributed by atoms with E-state index in [1.54, 1.807) is 24.3 Å². The van der Waals surface area contributed by atoms with Gasteiger partial charge in [-0.3, -0.25) is 14.5 Å². The fourth-order valence-corrected chi connectivity index (χ4v) is 3.97. The summed E-state index contributed by atoms with van der Waals surface area (Å²) >= 11 is 2.93. The zero-order valence-corrected chi connectivity index (χ0v) is 17.8. The third-order valence-corrected chi connectivity index (χ3v) is 5.83. The molecule has 27 heavy (non-hydrogen) atoms. The van der Waals surface area contributed by atoms with Crippen molar-refractivity contribution < 1.29 is 19.4 Å². The summed E-state index contributed by atoms with van der Waals surface area (Å²) in [6.07, 6.45) is 1.66. The van der Waals surface area contributed by atoms with E-state index in [1.165, 1.54) is 4.90 Å². The number of hydrogen-bond donors (Lipinski definition) is 1. The Morgan fingerprint density at radius 3 is 2.70 bits per heavy atom. The molecule has 7 heteroatoms. The number of thioether (sulfide) groups is 1. The minimum absolute atomic E-state index is 0.185. The first kappa shape index (κ1) is 19.8. The molecule has 2 amide bonds. The Labute approximate surface area is 175 Å². The van der Waals surface area contributed by atoms with Crippen molar-refractivity contribution in [1.82, 2.24) is 4.90 Å². The summed E-state index contributed by atoms with van der Waals surface area (Å²) in [5, 5.41) is 9.29. The van der Waals surface area contributed by atoms with Gasteiger partial charge in [0.25, 0.3) is 11.1 Å². The fourth-order valence-electron chi connectivity index (χ4n) is 2.57. The van der Waals surface area contributed by atoms with E-state index >= 15 is 0 Å². The number of rotatable bonds is 5. The molecule has 1 saturated heterocycles. The lowest BCUT2D eigenvalue weighted by Gasteiger charge is -2.14. The first-order chi connectivity index (χ1) is 12.8. The van der Waals surface area contributed by atoms with Crippen LogP contribution in [0.3, 0.4) is 0 Å². The highest BCUT2D eigenvalue weighted by Crippen LogP contribution is 2.33. The number of aromatic hydroxyl groups is 1. The molecular weight excluding hydrogens is 477 g/mol. The number of carbonyl (C=O) groups is 2. The summed E-state index contributed by atoms with van der Waals surface area (Å²) in [5.74, 6) is 0.623. The molecule has 1 N–H and O–H groups in total. The van der Waals surface area contributed by atoms with Crippen molar-refractivity contribution in [1.29, 1.82) is 0 Å². The molecule has 3 rings (SSSR count). The summed E-state index contributed by atoms with van der Waals surface area (Å²) in [4.78, 5) is 26.3. The number of carbonyl (C=O) groups excluding carboxylic acids is 2. The van der Waals surface area contributed by atoms with Gasteiger partial charge in [-0.1, -0.05) is 18.2 Å². The second-order valence-electron chi connectivity index (χ2n) is 6.16. The highest BCUT2D eigenvalue weighted by Gasteiger charge is 2.34. The highest BCUT2D eigenvalue weighted by atomic mass is 127. The van der Waals surface area contributed by atoms with Gasteiger partial charge in [-0.25, -0.2) is 0 Å². The molecule has 0 bridgehead atoms. The van der Waals surface area contributed by atoms with E-state index in [1.807, 2.05) is 54.6 Å². The van der Waals surface area contributed by atoms with Gasteiger partial charge in [0.2, 0.25) is 0 Å². The zero-order valence-electron chi connectivity index (χ0n) is 14.9. The molecule has 2 aromatic rings. The maximum atomic E-state index is 12.5. The molecular formula is C20H18INO4S. The number of imide groups is 1. The molecule has 0 aromatic heterocycles. The van der Waals surface area contributed by atoms with Crippen LogP contribution in [0.25, 0.3) is 6.08 Å². The minimum atomic E-state index is -0.322. The number of amides is 2. The van der Waals surface area contributed by atoms with Crippen LogP contribution in [-0.2, 0) is 4.79 Å². The highest BCUT2D eigenvalue weighted by molar-refractivity contribution is 14.1. The third kappa shape index (κ3) is 4.65. The Morgan fingerprint density at radius 2 is 1.96 bits per heavy atom. The van der Waals surface area contributed by atoms with Crippen LogP contribution in [-0.4, -0.2) is 34.3 Å². The van der Waals surface area contributed by atoms with E-state index in [-0.39, 0.29) is 30.0 Å². The van der Waals surface area contributed by atoms with Crippen LogP contribution in [0.4, 0.5) is 4.79 Å². The van der Waals surface area contributed by atoms with Gasteiger partial charge >= 0.3 is 0 Å². The first-order valence-corrected chi connectivity index (χ1v) is 10.2. The lowest BCUT2D eigenvalue weighted by atomic mass is 10.1. The number of ether oxygens (including phenoxy) is 1. The van der Waals surface area contributed by atoms with Crippen LogP contribution in [0.2, 0.25) is 0 Å². The van der Waals surface area contributed by atoms with Crippen molar-refractivity contribution in [2.75, 3.05) is 13.2 Å². The number of hydrogen-bond acceptors (Lipinski definition) is 5. The molecule has 1 aliphatic rings. The molecule has 0 radical (unpaired) electrons. The maximum Gasteiger partial charge on any atom is 0.293 e. The van der Waals surface area contributed by atoms with E-state index in [4.69, 9.17) is 4.74 Å². The average Bonchev–Trinajstić information content (AvgIpc) is 2.88. The molecule has 0 unspecified atom stereocenters. The van der Waals surface area contributed by atoms with Gasteiger partial charge in [0, 0.05) is 0 Å². The van der Waals surface area contributed by atoms with Crippen LogP contribution >= 0.6 is 34.4 Å². The van der Waals surface area contributed by atoms with Crippen molar-refractivity contribution in [3.8, 4) is 11.5 Å². The van der Waals surface area contributed by atoms with Gasteiger partial charge in [0.1, 0.15) is 18.1 Å². The second-order valence-corrected chi connectivity index (χ2v) is 8.32. The molecule has 5 nitrogen and oxygen atoms in total. The van der Waals surface area contributed by atoms with Gasteiger partial charge in [0.05, 0.1) is 15.0 Å². The lowest BCUT2D eigenvalue weighted by Crippen LogP contribution is -2.32. The molecule has 1 aliphatic heterocycles. The van der Waals surface area contributed by atoms with E-state index in [2.05, 4.69) is 0 Å². The Kier molecular flexibility index (Phi) is 6.11. The van der Waals surface area contributed by atoms with Gasteiger partial charge in [-0.15, -0.1) is 0 Å². The standard InChI is InChI=1S/C20H18INO4S/c1-12-3-4-13(2)17(9-12)26-8-7-22-19(24)18(27-20(22)25)11-14-5-6-16(23)15(21)10-14/h3-6,9-11,23H,7-8H2,1-2H3/b18-11-. The SMILES string of the molecule is Cc1ccc(C)c(OCCN2C(=O)S/C(=C\c3ccc(O)c(I)c3)C2=O)c1. The van der Waals surface area contributed by atoms with E-state index in [0.29, 0.717) is 8.48 Å². The number of phenols is 1. The summed E-state index contributed by atoms with van der Waals surface area (Å²) in [7, 11) is 0. The van der Waals surface area contributed by atoms with Crippen molar-refractivity contribution in [3.05, 3.63) is 61.6 Å². The number of phenolic OH excluding ortho intramolecular Hbond substituents is 1.